The van der Waals surface area contributed by atoms with Crippen LogP contribution in [0.4, 0.5) is 0 Å². The van der Waals surface area contributed by atoms with E-state index in [2.05, 4.69) is 10.3 Å². The van der Waals surface area contributed by atoms with Crippen molar-refractivity contribution in [3.8, 4) is 0 Å². The number of rotatable bonds is 1. The second kappa shape index (κ2) is 5.05. The van der Waals surface area contributed by atoms with Gasteiger partial charge in [0, 0.05) is 32.3 Å². The van der Waals surface area contributed by atoms with E-state index in [1.807, 2.05) is 4.90 Å². The second-order valence-electron chi connectivity index (χ2n) is 5.62. The van der Waals surface area contributed by atoms with Crippen LogP contribution < -0.4 is 5.32 Å². The number of amides is 2. The Balaban J connectivity index is 1.64. The van der Waals surface area contributed by atoms with Gasteiger partial charge in [-0.1, -0.05) is 11.6 Å². The minimum absolute atomic E-state index is 0.0127. The molecule has 106 valence electrons. The maximum absolute atomic E-state index is 12.3. The third kappa shape index (κ3) is 2.50. The normalized spacial score (nSPS) is 21.1. The average molecular weight is 294 g/mol. The van der Waals surface area contributed by atoms with Crippen molar-refractivity contribution >= 4 is 23.4 Å². The molecule has 0 saturated carbocycles. The number of hydrogen-bond donors (Lipinski definition) is 1. The molecule has 3 heterocycles. The van der Waals surface area contributed by atoms with Gasteiger partial charge in [0.1, 0.15) is 5.15 Å². The van der Waals surface area contributed by atoms with Gasteiger partial charge in [0.15, 0.2) is 0 Å². The summed E-state index contributed by atoms with van der Waals surface area (Å²) in [5.74, 6) is 0.118. The van der Waals surface area contributed by atoms with Gasteiger partial charge < -0.3 is 10.2 Å². The van der Waals surface area contributed by atoms with Crippen molar-refractivity contribution in [2.24, 2.45) is 5.41 Å². The standard InChI is InChI=1S/C14H16ClN3O2/c15-11-2-1-10(8-16-11)13(20)18-5-3-14(4-6-18)7-12(19)17-9-14/h1-2,8H,3-7,9H2,(H,17,19). The molecule has 5 nitrogen and oxygen atoms in total. The van der Waals surface area contributed by atoms with Gasteiger partial charge in [-0.3, -0.25) is 9.59 Å². The van der Waals surface area contributed by atoms with Crippen molar-refractivity contribution in [1.29, 1.82) is 0 Å². The van der Waals surface area contributed by atoms with E-state index in [9.17, 15) is 9.59 Å². The SMILES string of the molecule is O=C1CC2(CCN(C(=O)c3ccc(Cl)nc3)CC2)CN1. The highest BCUT2D eigenvalue weighted by Crippen LogP contribution is 2.37. The minimum atomic E-state index is -0.0127. The zero-order valence-electron chi connectivity index (χ0n) is 11.1. The van der Waals surface area contributed by atoms with E-state index in [0.717, 1.165) is 19.4 Å². The highest BCUT2D eigenvalue weighted by Gasteiger charge is 2.41. The van der Waals surface area contributed by atoms with Crippen LogP contribution in [0.2, 0.25) is 5.15 Å². The van der Waals surface area contributed by atoms with Crippen LogP contribution in [0.1, 0.15) is 29.6 Å². The third-order valence-electron chi connectivity index (χ3n) is 4.28. The van der Waals surface area contributed by atoms with E-state index in [-0.39, 0.29) is 17.2 Å². The van der Waals surface area contributed by atoms with Gasteiger partial charge >= 0.3 is 0 Å². The molecule has 0 aromatic carbocycles. The van der Waals surface area contributed by atoms with Crippen LogP contribution in [0.3, 0.4) is 0 Å². The van der Waals surface area contributed by atoms with Crippen molar-refractivity contribution < 1.29 is 9.59 Å². The van der Waals surface area contributed by atoms with Crippen LogP contribution >= 0.6 is 11.6 Å². The molecule has 3 rings (SSSR count). The van der Waals surface area contributed by atoms with Gasteiger partial charge in [-0.15, -0.1) is 0 Å². The lowest BCUT2D eigenvalue weighted by Crippen LogP contribution is -2.44. The predicted molar refractivity (Wildman–Crippen MR) is 74.4 cm³/mol. The molecule has 1 N–H and O–H groups in total. The lowest BCUT2D eigenvalue weighted by Gasteiger charge is -2.38. The fourth-order valence-electron chi connectivity index (χ4n) is 2.97. The Hall–Kier alpha value is -1.62. The molecular weight excluding hydrogens is 278 g/mol. The molecule has 2 aliphatic rings. The maximum atomic E-state index is 12.3. The summed E-state index contributed by atoms with van der Waals surface area (Å²) >= 11 is 5.72. The fraction of sp³-hybridized carbons (Fsp3) is 0.500. The lowest BCUT2D eigenvalue weighted by atomic mass is 9.77. The number of likely N-dealkylation sites (tertiary alicyclic amines) is 1. The average Bonchev–Trinajstić information content (AvgIpc) is 2.81. The third-order valence-corrected chi connectivity index (χ3v) is 4.51. The van der Waals surface area contributed by atoms with Crippen molar-refractivity contribution in [3.05, 3.63) is 29.0 Å². The number of piperidine rings is 1. The summed E-state index contributed by atoms with van der Waals surface area (Å²) in [5.41, 5.74) is 0.623. The van der Waals surface area contributed by atoms with Crippen molar-refractivity contribution in [3.63, 3.8) is 0 Å². The van der Waals surface area contributed by atoms with E-state index < -0.39 is 0 Å². The molecule has 0 atom stereocenters. The summed E-state index contributed by atoms with van der Waals surface area (Å²) in [6, 6.07) is 3.32. The number of carbonyl (C=O) groups is 2. The monoisotopic (exact) mass is 293 g/mol. The lowest BCUT2D eigenvalue weighted by molar-refractivity contribution is -0.119. The fourth-order valence-corrected chi connectivity index (χ4v) is 3.09. The van der Waals surface area contributed by atoms with Gasteiger partial charge in [0.25, 0.3) is 5.91 Å². The molecule has 2 saturated heterocycles. The number of halogens is 1. The van der Waals surface area contributed by atoms with E-state index >= 15 is 0 Å². The molecule has 2 aliphatic heterocycles. The quantitative estimate of drug-likeness (QED) is 0.798. The van der Waals surface area contributed by atoms with Gasteiger partial charge in [0.2, 0.25) is 5.91 Å². The van der Waals surface area contributed by atoms with Gasteiger partial charge in [-0.2, -0.15) is 0 Å². The molecule has 0 radical (unpaired) electrons. The van der Waals surface area contributed by atoms with Gasteiger partial charge in [-0.05, 0) is 30.4 Å². The molecule has 0 aliphatic carbocycles. The van der Waals surface area contributed by atoms with E-state index in [0.29, 0.717) is 30.2 Å². The van der Waals surface area contributed by atoms with E-state index in [1.165, 1.54) is 6.20 Å². The Morgan fingerprint density at radius 3 is 2.65 bits per heavy atom. The van der Waals surface area contributed by atoms with Gasteiger partial charge in [0.05, 0.1) is 5.56 Å². The molecule has 20 heavy (non-hydrogen) atoms. The summed E-state index contributed by atoms with van der Waals surface area (Å²) in [5, 5.41) is 3.28. The molecule has 2 amide bonds. The molecule has 0 unspecified atom stereocenters. The molecule has 0 bridgehead atoms. The smallest absolute Gasteiger partial charge is 0.255 e. The van der Waals surface area contributed by atoms with Crippen molar-refractivity contribution in [2.45, 2.75) is 19.3 Å². The first-order valence-electron chi connectivity index (χ1n) is 6.76. The van der Waals surface area contributed by atoms with Crippen LogP contribution in [0.25, 0.3) is 0 Å². The maximum Gasteiger partial charge on any atom is 0.255 e. The van der Waals surface area contributed by atoms with Crippen LogP contribution in [-0.4, -0.2) is 41.3 Å². The Morgan fingerprint density at radius 2 is 2.10 bits per heavy atom. The van der Waals surface area contributed by atoms with Crippen LogP contribution in [-0.2, 0) is 4.79 Å². The summed E-state index contributed by atoms with van der Waals surface area (Å²) in [4.78, 5) is 29.5. The first-order chi connectivity index (χ1) is 9.58. The molecule has 1 aromatic heterocycles. The molecule has 6 heteroatoms. The van der Waals surface area contributed by atoms with Crippen LogP contribution in [0.5, 0.6) is 0 Å². The highest BCUT2D eigenvalue weighted by molar-refractivity contribution is 6.29. The van der Waals surface area contributed by atoms with Gasteiger partial charge in [-0.25, -0.2) is 4.98 Å². The number of nitrogens with zero attached hydrogens (tertiary/aromatic N) is 2. The minimum Gasteiger partial charge on any atom is -0.356 e. The first-order valence-corrected chi connectivity index (χ1v) is 7.13. The highest BCUT2D eigenvalue weighted by atomic mass is 35.5. The molecular formula is C14H16ClN3O2. The zero-order valence-corrected chi connectivity index (χ0v) is 11.8. The Labute approximate surface area is 122 Å². The Bertz CT molecular complexity index is 536. The molecule has 2 fully saturated rings. The van der Waals surface area contributed by atoms with Crippen LogP contribution in [0, 0.1) is 5.41 Å². The van der Waals surface area contributed by atoms with Crippen molar-refractivity contribution in [2.75, 3.05) is 19.6 Å². The van der Waals surface area contributed by atoms with Crippen molar-refractivity contribution in [1.82, 2.24) is 15.2 Å². The summed E-state index contributed by atoms with van der Waals surface area (Å²) in [6.45, 7) is 2.13. The topological polar surface area (TPSA) is 62.3 Å². The largest absolute Gasteiger partial charge is 0.356 e. The molecule has 1 aromatic rings. The molecule has 1 spiro atoms. The summed E-state index contributed by atoms with van der Waals surface area (Å²) < 4.78 is 0. The van der Waals surface area contributed by atoms with E-state index in [4.69, 9.17) is 11.6 Å². The van der Waals surface area contributed by atoms with Crippen LogP contribution in [0.15, 0.2) is 18.3 Å². The first kappa shape index (κ1) is 13.4. The predicted octanol–water partition coefficient (Wildman–Crippen LogP) is 1.48. The number of carbonyl (C=O) groups excluding carboxylic acids is 2. The number of pyridine rings is 1. The number of nitrogens with one attached hydrogen (secondary N) is 1. The summed E-state index contributed by atoms with van der Waals surface area (Å²) in [6.07, 6.45) is 3.85. The Morgan fingerprint density at radius 1 is 1.35 bits per heavy atom. The summed E-state index contributed by atoms with van der Waals surface area (Å²) in [7, 11) is 0. The Kier molecular flexibility index (Phi) is 3.38. The number of hydrogen-bond acceptors (Lipinski definition) is 3. The zero-order chi connectivity index (χ0) is 14.2. The number of aromatic nitrogens is 1. The second-order valence-corrected chi connectivity index (χ2v) is 6.00. The van der Waals surface area contributed by atoms with E-state index in [1.54, 1.807) is 12.1 Å².